The van der Waals surface area contributed by atoms with Crippen LogP contribution in [0.15, 0.2) is 82.6 Å². The first-order valence-corrected chi connectivity index (χ1v) is 12.1. The summed E-state index contributed by atoms with van der Waals surface area (Å²) < 4.78 is 36.3. The third kappa shape index (κ3) is 7.84. The molecule has 3 rings (SSSR count). The fraction of sp³-hybridized carbons (Fsp3) is 0.208. The van der Waals surface area contributed by atoms with Crippen molar-refractivity contribution in [2.24, 2.45) is 0 Å². The van der Waals surface area contributed by atoms with Gasteiger partial charge in [-0.2, -0.15) is 0 Å². The molecule has 3 N–H and O–H groups in total. The first-order chi connectivity index (χ1) is 16.1. The molecule has 0 aromatic heterocycles. The number of sulfone groups is 1. The van der Waals surface area contributed by atoms with E-state index in [2.05, 4.69) is 5.32 Å². The molecule has 0 unspecified atom stereocenters. The summed E-state index contributed by atoms with van der Waals surface area (Å²) in [4.78, 5) is 10.7. The molecule has 0 bridgehead atoms. The van der Waals surface area contributed by atoms with Gasteiger partial charge in [0.2, 0.25) is 9.84 Å². The second kappa shape index (κ2) is 12.2. The molecule has 0 spiro atoms. The van der Waals surface area contributed by atoms with E-state index in [0.717, 1.165) is 0 Å². The number of rotatable bonds is 11. The molecular weight excluding hydrogens is 517 g/mol. The summed E-state index contributed by atoms with van der Waals surface area (Å²) in [5, 5.41) is 22.7. The maximum absolute atomic E-state index is 12.8. The van der Waals surface area contributed by atoms with Crippen LogP contribution in [-0.4, -0.2) is 44.4 Å². The lowest BCUT2D eigenvalue weighted by Gasteiger charge is -2.25. The van der Waals surface area contributed by atoms with Crippen molar-refractivity contribution in [3.63, 3.8) is 0 Å². The summed E-state index contributed by atoms with van der Waals surface area (Å²) in [5.41, 5.74) is -0.670. The molecule has 0 aliphatic carbocycles. The summed E-state index contributed by atoms with van der Waals surface area (Å²) in [6.45, 7) is 1.67. The molecule has 188 valence electrons. The highest BCUT2D eigenvalue weighted by Crippen LogP contribution is 2.25. The van der Waals surface area contributed by atoms with Crippen molar-refractivity contribution in [1.29, 1.82) is 0 Å². The molecule has 0 saturated carbocycles. The molecule has 35 heavy (non-hydrogen) atoms. The molecule has 0 fully saturated rings. The number of halogens is 2. The number of benzene rings is 3. The van der Waals surface area contributed by atoms with Crippen molar-refractivity contribution < 1.29 is 32.9 Å². The normalized spacial score (nSPS) is 12.8. The van der Waals surface area contributed by atoms with E-state index in [0.29, 0.717) is 22.9 Å². The average Bonchev–Trinajstić information content (AvgIpc) is 2.81. The van der Waals surface area contributed by atoms with Crippen molar-refractivity contribution >= 4 is 39.8 Å². The molecule has 8 nitrogen and oxygen atoms in total. The molecule has 11 heteroatoms. The molecule has 0 aliphatic heterocycles. The van der Waals surface area contributed by atoms with Gasteiger partial charge < -0.3 is 19.7 Å². The number of aliphatic carboxylic acids is 1. The lowest BCUT2D eigenvalue weighted by Crippen LogP contribution is -2.41. The van der Waals surface area contributed by atoms with Gasteiger partial charge in [-0.15, -0.1) is 12.4 Å². The first-order valence-electron chi connectivity index (χ1n) is 10.2. The number of carbonyl (C=O) groups is 1. The Hall–Kier alpha value is -2.82. The molecule has 3 aromatic rings. The number of aliphatic hydroxyl groups is 1. The van der Waals surface area contributed by atoms with Gasteiger partial charge in [-0.1, -0.05) is 23.7 Å². The molecular formula is C24H25Cl2NO7S. The Morgan fingerprint density at radius 2 is 1.51 bits per heavy atom. The molecule has 1 atom stereocenters. The van der Waals surface area contributed by atoms with Gasteiger partial charge in [0.25, 0.3) is 0 Å². The van der Waals surface area contributed by atoms with Crippen LogP contribution in [0.1, 0.15) is 12.5 Å². The highest BCUT2D eigenvalue weighted by Gasteiger charge is 2.22. The van der Waals surface area contributed by atoms with E-state index in [1.165, 1.54) is 36.4 Å². The number of carboxylic acid groups (broad SMARTS) is 1. The van der Waals surface area contributed by atoms with Crippen LogP contribution in [0.3, 0.4) is 0 Å². The van der Waals surface area contributed by atoms with E-state index in [1.807, 2.05) is 0 Å². The SMILES string of the molecule is C[C@@](O)(NCCOc1ccc(S(=O)(=O)c2ccc(OCC(=O)O)cc2)cc1)c1cccc(Cl)c1.Cl. The zero-order valence-electron chi connectivity index (χ0n) is 18.7. The highest BCUT2D eigenvalue weighted by atomic mass is 35.5. The smallest absolute Gasteiger partial charge is 0.341 e. The highest BCUT2D eigenvalue weighted by molar-refractivity contribution is 7.91. The van der Waals surface area contributed by atoms with Crippen LogP contribution in [-0.2, 0) is 20.4 Å². The van der Waals surface area contributed by atoms with Gasteiger partial charge in [0, 0.05) is 11.6 Å². The number of hydrogen-bond donors (Lipinski definition) is 3. The monoisotopic (exact) mass is 541 g/mol. The van der Waals surface area contributed by atoms with Crippen molar-refractivity contribution in [2.45, 2.75) is 22.4 Å². The van der Waals surface area contributed by atoms with Gasteiger partial charge in [0.1, 0.15) is 23.8 Å². The van der Waals surface area contributed by atoms with Crippen molar-refractivity contribution in [3.8, 4) is 11.5 Å². The van der Waals surface area contributed by atoms with Crippen LogP contribution in [0, 0.1) is 0 Å². The first kappa shape index (κ1) is 28.4. The molecule has 0 aliphatic rings. The predicted molar refractivity (Wildman–Crippen MR) is 133 cm³/mol. The van der Waals surface area contributed by atoms with E-state index < -0.39 is 28.1 Å². The minimum absolute atomic E-state index is 0. The fourth-order valence-corrected chi connectivity index (χ4v) is 4.52. The van der Waals surface area contributed by atoms with Crippen molar-refractivity contribution in [3.05, 3.63) is 83.4 Å². The van der Waals surface area contributed by atoms with E-state index in [9.17, 15) is 18.3 Å². The molecule has 0 heterocycles. The third-order valence-electron chi connectivity index (χ3n) is 4.86. The summed E-state index contributed by atoms with van der Waals surface area (Å²) in [7, 11) is -3.77. The van der Waals surface area contributed by atoms with E-state index in [1.54, 1.807) is 43.3 Å². The topological polar surface area (TPSA) is 122 Å². The van der Waals surface area contributed by atoms with Gasteiger partial charge >= 0.3 is 5.97 Å². The van der Waals surface area contributed by atoms with Crippen LogP contribution in [0.4, 0.5) is 0 Å². The molecule has 0 amide bonds. The minimum atomic E-state index is -3.77. The summed E-state index contributed by atoms with van der Waals surface area (Å²) in [6, 6.07) is 18.4. The van der Waals surface area contributed by atoms with Crippen molar-refractivity contribution in [2.75, 3.05) is 19.8 Å². The Labute approximate surface area is 214 Å². The maximum Gasteiger partial charge on any atom is 0.341 e. The summed E-state index contributed by atoms with van der Waals surface area (Å²) >= 11 is 5.97. The van der Waals surface area contributed by atoms with E-state index in [-0.39, 0.29) is 34.6 Å². The Morgan fingerprint density at radius 3 is 2.03 bits per heavy atom. The van der Waals surface area contributed by atoms with Crippen molar-refractivity contribution in [1.82, 2.24) is 5.32 Å². The zero-order valence-corrected chi connectivity index (χ0v) is 21.1. The maximum atomic E-state index is 12.8. The third-order valence-corrected chi connectivity index (χ3v) is 6.88. The number of nitrogens with one attached hydrogen (secondary N) is 1. The van der Waals surface area contributed by atoms with Gasteiger partial charge in [-0.05, 0) is 73.2 Å². The Bertz CT molecular complexity index is 1230. The summed E-state index contributed by atoms with van der Waals surface area (Å²) in [6.07, 6.45) is 0. The van der Waals surface area contributed by atoms with E-state index in [4.69, 9.17) is 26.2 Å². The Balaban J connectivity index is 0.00000432. The average molecular weight is 542 g/mol. The lowest BCUT2D eigenvalue weighted by atomic mass is 10.1. The molecule has 0 radical (unpaired) electrons. The summed E-state index contributed by atoms with van der Waals surface area (Å²) in [5.74, 6) is -0.394. The van der Waals surface area contributed by atoms with Crippen LogP contribution in [0.5, 0.6) is 11.5 Å². The van der Waals surface area contributed by atoms with Gasteiger partial charge in [-0.25, -0.2) is 13.2 Å². The predicted octanol–water partition coefficient (Wildman–Crippen LogP) is 3.89. The van der Waals surface area contributed by atoms with Crippen LogP contribution >= 0.6 is 24.0 Å². The van der Waals surface area contributed by atoms with Crippen LogP contribution in [0.2, 0.25) is 5.02 Å². The second-order valence-corrected chi connectivity index (χ2v) is 9.87. The Morgan fingerprint density at radius 1 is 0.971 bits per heavy atom. The number of ether oxygens (including phenoxy) is 2. The standard InChI is InChI=1S/C24H24ClNO7S.ClH/c1-24(29,17-3-2-4-18(25)15-17)26-13-14-32-19-5-9-21(10-6-19)34(30,31)22-11-7-20(8-12-22)33-16-23(27)28;/h2-12,15,26,29H,13-14,16H2,1H3,(H,27,28);1H/t24-;/m0./s1. The second-order valence-electron chi connectivity index (χ2n) is 7.49. The largest absolute Gasteiger partial charge is 0.492 e. The number of carboxylic acids is 1. The van der Waals surface area contributed by atoms with Gasteiger partial charge in [-0.3, -0.25) is 5.32 Å². The van der Waals surface area contributed by atoms with Gasteiger partial charge in [0.05, 0.1) is 9.79 Å². The van der Waals surface area contributed by atoms with Gasteiger partial charge in [0.15, 0.2) is 6.61 Å². The molecule has 0 saturated heterocycles. The fourth-order valence-electron chi connectivity index (χ4n) is 3.07. The zero-order chi connectivity index (χ0) is 24.8. The van der Waals surface area contributed by atoms with E-state index >= 15 is 0 Å². The lowest BCUT2D eigenvalue weighted by molar-refractivity contribution is -0.139. The van der Waals surface area contributed by atoms with Crippen LogP contribution in [0.25, 0.3) is 0 Å². The van der Waals surface area contributed by atoms with Crippen LogP contribution < -0.4 is 14.8 Å². The minimum Gasteiger partial charge on any atom is -0.492 e. The molecule has 3 aromatic carbocycles. The Kier molecular flexibility index (Phi) is 9.93. The number of hydrogen-bond acceptors (Lipinski definition) is 7. The quantitative estimate of drug-likeness (QED) is 0.247.